The van der Waals surface area contributed by atoms with Crippen LogP contribution in [-0.4, -0.2) is 38.5 Å². The summed E-state index contributed by atoms with van der Waals surface area (Å²) < 4.78 is 15.7. The monoisotopic (exact) mass is 240 g/mol. The van der Waals surface area contributed by atoms with Gasteiger partial charge >= 0.3 is 0 Å². The zero-order valence-electron chi connectivity index (χ0n) is 10.2. The van der Waals surface area contributed by atoms with Gasteiger partial charge in [-0.3, -0.25) is 0 Å². The first-order valence-corrected chi connectivity index (χ1v) is 5.72. The van der Waals surface area contributed by atoms with Crippen molar-refractivity contribution in [1.29, 1.82) is 0 Å². The number of methoxy groups -OCH3 is 1. The molecule has 0 spiro atoms. The van der Waals surface area contributed by atoms with E-state index in [1.165, 1.54) is 0 Å². The molecule has 0 aliphatic carbocycles. The second-order valence-electron chi connectivity index (χ2n) is 3.48. The van der Waals surface area contributed by atoms with Crippen molar-refractivity contribution in [2.75, 3.05) is 33.5 Å². The molecule has 1 aromatic rings. The lowest BCUT2D eigenvalue weighted by molar-refractivity contribution is 0.0641. The van der Waals surface area contributed by atoms with Crippen LogP contribution in [0.2, 0.25) is 0 Å². The number of hydrogen-bond donors (Lipinski definition) is 1. The molecular weight excluding hydrogens is 220 g/mol. The zero-order valence-corrected chi connectivity index (χ0v) is 10.2. The van der Waals surface area contributed by atoms with E-state index in [9.17, 15) is 0 Å². The normalized spacial score (nSPS) is 10.5. The van der Waals surface area contributed by atoms with Gasteiger partial charge in [0.2, 0.25) is 5.88 Å². The molecule has 0 aliphatic heterocycles. The minimum Gasteiger partial charge on any atom is -0.477 e. The van der Waals surface area contributed by atoms with Crippen LogP contribution in [0.5, 0.6) is 5.88 Å². The summed E-state index contributed by atoms with van der Waals surface area (Å²) in [5.74, 6) is 0.617. The van der Waals surface area contributed by atoms with Crippen molar-refractivity contribution in [3.05, 3.63) is 23.9 Å². The van der Waals surface area contributed by atoms with E-state index in [0.29, 0.717) is 38.9 Å². The molecule has 1 heterocycles. The van der Waals surface area contributed by atoms with Gasteiger partial charge in [-0.05, 0) is 6.07 Å². The number of rotatable bonds is 9. The Kier molecular flexibility index (Phi) is 7.29. The number of hydrogen-bond acceptors (Lipinski definition) is 5. The summed E-state index contributed by atoms with van der Waals surface area (Å²) in [5, 5.41) is 0. The zero-order chi connectivity index (χ0) is 12.3. The second kappa shape index (κ2) is 8.92. The summed E-state index contributed by atoms with van der Waals surface area (Å²) in [4.78, 5) is 4.13. The van der Waals surface area contributed by atoms with Crippen molar-refractivity contribution in [2.24, 2.45) is 5.73 Å². The fourth-order valence-corrected chi connectivity index (χ4v) is 1.28. The third-order valence-corrected chi connectivity index (χ3v) is 2.17. The Bertz CT molecular complexity index is 308. The predicted molar refractivity (Wildman–Crippen MR) is 64.9 cm³/mol. The fourth-order valence-electron chi connectivity index (χ4n) is 1.28. The Morgan fingerprint density at radius 1 is 1.24 bits per heavy atom. The molecule has 0 fully saturated rings. The van der Waals surface area contributed by atoms with Crippen LogP contribution >= 0.6 is 0 Å². The van der Waals surface area contributed by atoms with Crippen molar-refractivity contribution in [3.8, 4) is 5.88 Å². The molecule has 0 aromatic carbocycles. The van der Waals surface area contributed by atoms with E-state index >= 15 is 0 Å². The summed E-state index contributed by atoms with van der Waals surface area (Å²) in [7, 11) is 1.65. The van der Waals surface area contributed by atoms with Crippen LogP contribution in [0.4, 0.5) is 0 Å². The second-order valence-corrected chi connectivity index (χ2v) is 3.48. The highest BCUT2D eigenvalue weighted by Gasteiger charge is 2.01. The molecule has 2 N–H and O–H groups in total. The van der Waals surface area contributed by atoms with E-state index in [-0.39, 0.29) is 0 Å². The number of ether oxygens (including phenoxy) is 3. The fraction of sp³-hybridized carbons (Fsp3) is 0.583. The quantitative estimate of drug-likeness (QED) is 0.651. The van der Waals surface area contributed by atoms with E-state index in [2.05, 4.69) is 4.98 Å². The van der Waals surface area contributed by atoms with E-state index in [1.807, 2.05) is 12.1 Å². The predicted octanol–water partition coefficient (Wildman–Crippen LogP) is 0.972. The summed E-state index contributed by atoms with van der Waals surface area (Å²) in [5.41, 5.74) is 6.50. The van der Waals surface area contributed by atoms with Gasteiger partial charge in [-0.2, -0.15) is 0 Å². The molecule has 0 saturated heterocycles. The van der Waals surface area contributed by atoms with E-state index in [0.717, 1.165) is 12.0 Å². The third-order valence-electron chi connectivity index (χ3n) is 2.17. The van der Waals surface area contributed by atoms with Gasteiger partial charge in [-0.25, -0.2) is 4.98 Å². The Morgan fingerprint density at radius 2 is 2.12 bits per heavy atom. The Labute approximate surface area is 102 Å². The standard InChI is InChI=1S/C12H20N2O3/c1-15-8-9-16-6-3-7-17-12-11(10-13)4-2-5-14-12/h2,4-5H,3,6-10,13H2,1H3. The van der Waals surface area contributed by atoms with E-state index in [1.54, 1.807) is 13.3 Å². The van der Waals surface area contributed by atoms with Gasteiger partial charge in [0.05, 0.1) is 19.8 Å². The lowest BCUT2D eigenvalue weighted by Crippen LogP contribution is -2.09. The van der Waals surface area contributed by atoms with Crippen molar-refractivity contribution in [2.45, 2.75) is 13.0 Å². The van der Waals surface area contributed by atoms with Crippen LogP contribution in [0, 0.1) is 0 Å². The maximum atomic E-state index is 5.58. The first-order chi connectivity index (χ1) is 8.38. The van der Waals surface area contributed by atoms with Gasteiger partial charge in [0, 0.05) is 38.4 Å². The molecular formula is C12H20N2O3. The number of aromatic nitrogens is 1. The maximum absolute atomic E-state index is 5.58. The van der Waals surface area contributed by atoms with Crippen LogP contribution < -0.4 is 10.5 Å². The number of nitrogens with two attached hydrogens (primary N) is 1. The van der Waals surface area contributed by atoms with E-state index < -0.39 is 0 Å². The van der Waals surface area contributed by atoms with Crippen LogP contribution in [0.25, 0.3) is 0 Å². The van der Waals surface area contributed by atoms with Gasteiger partial charge < -0.3 is 19.9 Å². The third kappa shape index (κ3) is 5.63. The highest BCUT2D eigenvalue weighted by molar-refractivity contribution is 5.24. The van der Waals surface area contributed by atoms with E-state index in [4.69, 9.17) is 19.9 Å². The van der Waals surface area contributed by atoms with Crippen molar-refractivity contribution in [3.63, 3.8) is 0 Å². The molecule has 0 atom stereocenters. The molecule has 0 saturated carbocycles. The molecule has 0 unspecified atom stereocenters. The van der Waals surface area contributed by atoms with Gasteiger partial charge in [0.15, 0.2) is 0 Å². The lowest BCUT2D eigenvalue weighted by Gasteiger charge is -2.08. The average molecular weight is 240 g/mol. The average Bonchev–Trinajstić information content (AvgIpc) is 2.38. The summed E-state index contributed by atoms with van der Waals surface area (Å²) in [6.07, 6.45) is 2.52. The number of nitrogens with zero attached hydrogens (tertiary/aromatic N) is 1. The Balaban J connectivity index is 2.13. The SMILES string of the molecule is COCCOCCCOc1ncccc1CN. The summed E-state index contributed by atoms with van der Waals surface area (Å²) in [6, 6.07) is 3.76. The largest absolute Gasteiger partial charge is 0.477 e. The highest BCUT2D eigenvalue weighted by Crippen LogP contribution is 2.13. The smallest absolute Gasteiger partial charge is 0.217 e. The molecule has 17 heavy (non-hydrogen) atoms. The van der Waals surface area contributed by atoms with Crippen molar-refractivity contribution in [1.82, 2.24) is 4.98 Å². The molecule has 5 heteroatoms. The van der Waals surface area contributed by atoms with Gasteiger partial charge in [0.1, 0.15) is 0 Å². The molecule has 1 rings (SSSR count). The maximum Gasteiger partial charge on any atom is 0.217 e. The molecule has 0 aliphatic rings. The van der Waals surface area contributed by atoms with Crippen LogP contribution in [0.1, 0.15) is 12.0 Å². The molecule has 0 amide bonds. The van der Waals surface area contributed by atoms with Gasteiger partial charge in [-0.15, -0.1) is 0 Å². The Hall–Kier alpha value is -1.17. The minimum atomic E-state index is 0.438. The molecule has 5 nitrogen and oxygen atoms in total. The molecule has 0 radical (unpaired) electrons. The van der Waals surface area contributed by atoms with Crippen LogP contribution in [0.15, 0.2) is 18.3 Å². The lowest BCUT2D eigenvalue weighted by atomic mass is 10.3. The van der Waals surface area contributed by atoms with Gasteiger partial charge in [0.25, 0.3) is 0 Å². The topological polar surface area (TPSA) is 66.6 Å². The van der Waals surface area contributed by atoms with Gasteiger partial charge in [-0.1, -0.05) is 6.07 Å². The molecule has 1 aromatic heterocycles. The van der Waals surface area contributed by atoms with Crippen LogP contribution in [-0.2, 0) is 16.0 Å². The van der Waals surface area contributed by atoms with Crippen molar-refractivity contribution < 1.29 is 14.2 Å². The summed E-state index contributed by atoms with van der Waals surface area (Å²) >= 11 is 0. The highest BCUT2D eigenvalue weighted by atomic mass is 16.5. The minimum absolute atomic E-state index is 0.438. The first kappa shape index (κ1) is 13.9. The summed E-state index contributed by atoms with van der Waals surface area (Å²) in [6.45, 7) is 2.92. The van der Waals surface area contributed by atoms with Crippen molar-refractivity contribution >= 4 is 0 Å². The molecule has 0 bridgehead atoms. The molecule has 96 valence electrons. The van der Waals surface area contributed by atoms with Crippen LogP contribution in [0.3, 0.4) is 0 Å². The first-order valence-electron chi connectivity index (χ1n) is 5.72. The number of pyridine rings is 1. The Morgan fingerprint density at radius 3 is 2.88 bits per heavy atom.